The van der Waals surface area contributed by atoms with E-state index in [1.807, 2.05) is 36.4 Å². The topological polar surface area (TPSA) is 105 Å². The minimum Gasteiger partial charge on any atom is -0.481 e. The van der Waals surface area contributed by atoms with E-state index in [4.69, 9.17) is 10.8 Å². The lowest BCUT2D eigenvalue weighted by atomic mass is 10.00. The summed E-state index contributed by atoms with van der Waals surface area (Å²) >= 11 is 0. The molecule has 2 aromatic carbocycles. The van der Waals surface area contributed by atoms with Crippen LogP contribution in [0.15, 0.2) is 60.7 Å². The number of carbonyl (C=O) groups is 2. The van der Waals surface area contributed by atoms with Gasteiger partial charge in [0.25, 0.3) is 5.91 Å². The van der Waals surface area contributed by atoms with Crippen LogP contribution in [0, 0.1) is 0 Å². The maximum atomic E-state index is 13.0. The number of rotatable bonds is 6. The smallest absolute Gasteiger partial charge is 0.307 e. The van der Waals surface area contributed by atoms with Crippen LogP contribution in [0.2, 0.25) is 0 Å². The van der Waals surface area contributed by atoms with Crippen molar-refractivity contribution in [2.24, 2.45) is 5.73 Å². The molecule has 4 N–H and O–H groups in total. The number of allylic oxidation sites excluding steroid dienone is 1. The van der Waals surface area contributed by atoms with Crippen LogP contribution in [-0.4, -0.2) is 22.0 Å². The fourth-order valence-electron chi connectivity index (χ4n) is 3.59. The Kier molecular flexibility index (Phi) is 5.41. The zero-order valence-corrected chi connectivity index (χ0v) is 16.3. The molecule has 0 radical (unpaired) electrons. The average Bonchev–Trinajstić information content (AvgIpc) is 3.23. The quantitative estimate of drug-likeness (QED) is 0.587. The van der Waals surface area contributed by atoms with Crippen LogP contribution in [0.1, 0.15) is 32.7 Å². The van der Waals surface area contributed by atoms with Crippen molar-refractivity contribution in [1.82, 2.24) is 4.98 Å². The Balaban J connectivity index is 1.71. The zero-order chi connectivity index (χ0) is 21.1. The van der Waals surface area contributed by atoms with E-state index in [0.29, 0.717) is 17.8 Å². The van der Waals surface area contributed by atoms with E-state index in [9.17, 15) is 9.59 Å². The van der Waals surface area contributed by atoms with Gasteiger partial charge >= 0.3 is 5.97 Å². The molecule has 6 heteroatoms. The minimum absolute atomic E-state index is 0.172. The number of para-hydroxylation sites is 1. The van der Waals surface area contributed by atoms with E-state index < -0.39 is 5.97 Å². The lowest BCUT2D eigenvalue weighted by Crippen LogP contribution is -2.17. The van der Waals surface area contributed by atoms with Crippen molar-refractivity contribution < 1.29 is 14.7 Å². The first kappa shape index (κ1) is 19.5. The molecule has 150 valence electrons. The third-order valence-electron chi connectivity index (χ3n) is 5.04. The third-order valence-corrected chi connectivity index (χ3v) is 5.04. The average molecular weight is 399 g/mol. The highest BCUT2D eigenvalue weighted by molar-refractivity contribution is 6.04. The lowest BCUT2D eigenvalue weighted by molar-refractivity contribution is -0.136. The summed E-state index contributed by atoms with van der Waals surface area (Å²) in [5, 5.41) is 11.9. The van der Waals surface area contributed by atoms with Gasteiger partial charge in [0, 0.05) is 23.4 Å². The predicted octanol–water partition coefficient (Wildman–Crippen LogP) is 3.66. The summed E-state index contributed by atoms with van der Waals surface area (Å²) in [5.74, 6) is -1.33. The second-order valence-electron chi connectivity index (χ2n) is 7.12. The number of carbonyl (C=O) groups excluding carboxylic acids is 1. The van der Waals surface area contributed by atoms with Crippen molar-refractivity contribution in [1.29, 1.82) is 0 Å². The number of aromatic nitrogens is 1. The Morgan fingerprint density at radius 3 is 2.73 bits per heavy atom. The monoisotopic (exact) mass is 399 g/mol. The van der Waals surface area contributed by atoms with Crippen molar-refractivity contribution >= 4 is 23.6 Å². The number of amides is 1. The molecule has 1 aliphatic carbocycles. The first-order chi connectivity index (χ1) is 14.5. The molecule has 3 aromatic rings. The maximum absolute atomic E-state index is 13.0. The van der Waals surface area contributed by atoms with Crippen LogP contribution in [0.5, 0.6) is 0 Å². The predicted molar refractivity (Wildman–Crippen MR) is 116 cm³/mol. The highest BCUT2D eigenvalue weighted by atomic mass is 16.4. The van der Waals surface area contributed by atoms with Gasteiger partial charge in [-0.05, 0) is 41.3 Å². The molecule has 0 saturated heterocycles. The highest BCUT2D eigenvalue weighted by Gasteiger charge is 2.19. The summed E-state index contributed by atoms with van der Waals surface area (Å²) in [4.78, 5) is 28.8. The first-order valence-electron chi connectivity index (χ1n) is 9.66. The summed E-state index contributed by atoms with van der Waals surface area (Å²) in [5.41, 5.74) is 11.7. The molecule has 0 atom stereocenters. The van der Waals surface area contributed by atoms with Gasteiger partial charge in [0.15, 0.2) is 0 Å². The molecule has 0 fully saturated rings. The summed E-state index contributed by atoms with van der Waals surface area (Å²) in [6, 6.07) is 16.5. The fourth-order valence-corrected chi connectivity index (χ4v) is 3.59. The van der Waals surface area contributed by atoms with E-state index >= 15 is 0 Å². The van der Waals surface area contributed by atoms with Gasteiger partial charge < -0.3 is 16.2 Å². The number of benzene rings is 2. The number of pyridine rings is 1. The fraction of sp³-hybridized carbons (Fsp3) is 0.125. The third kappa shape index (κ3) is 3.99. The van der Waals surface area contributed by atoms with Crippen LogP contribution >= 0.6 is 0 Å². The number of fused-ring (bicyclic) bond motifs is 1. The standard InChI is InChI=1S/C24H21N3O3/c25-14-15-5-3-8-18(11-15)23-19-9-4-7-16(19)12-21(26-23)24(30)27-20-10-2-1-6-17(20)13-22(28)29/h1-6,8-12H,7,13-14,25H2,(H,27,30)(H,28,29). The molecule has 0 spiro atoms. The second-order valence-corrected chi connectivity index (χ2v) is 7.12. The van der Waals surface area contributed by atoms with Crippen molar-refractivity contribution in [2.75, 3.05) is 5.32 Å². The molecule has 1 heterocycles. The van der Waals surface area contributed by atoms with Crippen molar-refractivity contribution in [3.05, 3.63) is 88.6 Å². The number of hydrogen-bond acceptors (Lipinski definition) is 4. The molecule has 6 nitrogen and oxygen atoms in total. The minimum atomic E-state index is -0.958. The Hall–Kier alpha value is -3.77. The van der Waals surface area contributed by atoms with E-state index in [1.54, 1.807) is 30.3 Å². The van der Waals surface area contributed by atoms with Crippen LogP contribution in [0.4, 0.5) is 5.69 Å². The normalized spacial score (nSPS) is 11.9. The van der Waals surface area contributed by atoms with Gasteiger partial charge in [-0.3, -0.25) is 9.59 Å². The Morgan fingerprint density at radius 2 is 1.93 bits per heavy atom. The SMILES string of the molecule is NCc1cccc(-c2nc(C(=O)Nc3ccccc3CC(=O)O)cc3c2C=CC3)c1. The van der Waals surface area contributed by atoms with Gasteiger partial charge in [-0.25, -0.2) is 4.98 Å². The molecule has 4 rings (SSSR count). The second kappa shape index (κ2) is 8.31. The van der Waals surface area contributed by atoms with Gasteiger partial charge in [-0.2, -0.15) is 0 Å². The van der Waals surface area contributed by atoms with Crippen LogP contribution < -0.4 is 11.1 Å². The zero-order valence-electron chi connectivity index (χ0n) is 16.3. The van der Waals surface area contributed by atoms with Gasteiger partial charge in [0.05, 0.1) is 12.1 Å². The molecule has 1 aliphatic rings. The number of nitrogens with zero attached hydrogens (tertiary/aromatic N) is 1. The molecular formula is C24H21N3O3. The van der Waals surface area contributed by atoms with Crippen molar-refractivity contribution in [2.45, 2.75) is 19.4 Å². The molecule has 0 saturated carbocycles. The Bertz CT molecular complexity index is 1170. The van der Waals surface area contributed by atoms with E-state index in [2.05, 4.69) is 10.3 Å². The van der Waals surface area contributed by atoms with Crippen LogP contribution in [0.3, 0.4) is 0 Å². The Morgan fingerprint density at radius 1 is 1.10 bits per heavy atom. The van der Waals surface area contributed by atoms with E-state index in [1.165, 1.54) is 0 Å². The van der Waals surface area contributed by atoms with Crippen LogP contribution in [-0.2, 0) is 24.2 Å². The molecule has 0 unspecified atom stereocenters. The molecule has 0 bridgehead atoms. The van der Waals surface area contributed by atoms with Crippen molar-refractivity contribution in [3.63, 3.8) is 0 Å². The van der Waals surface area contributed by atoms with Gasteiger partial charge in [-0.15, -0.1) is 0 Å². The van der Waals surface area contributed by atoms with E-state index in [-0.39, 0.29) is 18.0 Å². The summed E-state index contributed by atoms with van der Waals surface area (Å²) in [6.45, 7) is 0.423. The molecule has 1 amide bonds. The van der Waals surface area contributed by atoms with Gasteiger partial charge in [0.1, 0.15) is 5.69 Å². The number of carboxylic acid groups (broad SMARTS) is 1. The number of aliphatic carboxylic acids is 1. The lowest BCUT2D eigenvalue weighted by Gasteiger charge is -2.13. The molecular weight excluding hydrogens is 378 g/mol. The molecule has 0 aliphatic heterocycles. The number of anilines is 1. The van der Waals surface area contributed by atoms with Gasteiger partial charge in [-0.1, -0.05) is 48.6 Å². The van der Waals surface area contributed by atoms with Gasteiger partial charge in [0.2, 0.25) is 0 Å². The summed E-state index contributed by atoms with van der Waals surface area (Å²) in [6.07, 6.45) is 4.63. The molecule has 30 heavy (non-hydrogen) atoms. The molecule has 1 aromatic heterocycles. The Labute approximate surface area is 174 Å². The first-order valence-corrected chi connectivity index (χ1v) is 9.66. The van der Waals surface area contributed by atoms with Crippen LogP contribution in [0.25, 0.3) is 17.3 Å². The number of hydrogen-bond donors (Lipinski definition) is 3. The number of carboxylic acids is 1. The number of nitrogens with two attached hydrogens (primary N) is 1. The summed E-state index contributed by atoms with van der Waals surface area (Å²) < 4.78 is 0. The number of nitrogens with one attached hydrogen (secondary N) is 1. The van der Waals surface area contributed by atoms with E-state index in [0.717, 1.165) is 34.4 Å². The maximum Gasteiger partial charge on any atom is 0.307 e. The highest BCUT2D eigenvalue weighted by Crippen LogP contribution is 2.31. The van der Waals surface area contributed by atoms with Crippen molar-refractivity contribution in [3.8, 4) is 11.3 Å². The summed E-state index contributed by atoms with van der Waals surface area (Å²) in [7, 11) is 0. The largest absolute Gasteiger partial charge is 0.481 e.